The van der Waals surface area contributed by atoms with Crippen LogP contribution < -0.4 is 0 Å². The maximum Gasteiger partial charge on any atom is 0.469 e. The van der Waals surface area contributed by atoms with Gasteiger partial charge in [-0.2, -0.15) is 0 Å². The lowest BCUT2D eigenvalue weighted by Gasteiger charge is -2.38. The third-order valence-corrected chi connectivity index (χ3v) is 5.53. The van der Waals surface area contributed by atoms with Gasteiger partial charge in [-0.3, -0.25) is 9.32 Å². The van der Waals surface area contributed by atoms with Crippen LogP contribution in [0.15, 0.2) is 24.3 Å². The van der Waals surface area contributed by atoms with Crippen LogP contribution in [-0.2, 0) is 26.7 Å². The first-order valence-electron chi connectivity index (χ1n) is 9.97. The number of benzene rings is 1. The molecule has 0 aliphatic carbocycles. The molecule has 7 heteroatoms. The number of hydrogen-bond donors (Lipinski definition) is 2. The number of unbranched alkanes of at least 4 members (excludes halogenated alkanes) is 5. The Balaban J connectivity index is 1.61. The summed E-state index contributed by atoms with van der Waals surface area (Å²) < 4.78 is 15.3. The van der Waals surface area contributed by atoms with Crippen molar-refractivity contribution in [3.8, 4) is 0 Å². The fraction of sp³-hybridized carbons (Fsp3) is 0.650. The van der Waals surface area contributed by atoms with Crippen molar-refractivity contribution in [1.82, 2.24) is 4.90 Å². The Morgan fingerprint density at radius 3 is 2.19 bits per heavy atom. The molecule has 0 bridgehead atoms. The second-order valence-electron chi connectivity index (χ2n) is 7.35. The first-order chi connectivity index (χ1) is 12.9. The number of hydrogen-bond acceptors (Lipinski definition) is 3. The Hall–Kier alpha value is -1.20. The Bertz CT molecular complexity index is 622. The highest BCUT2D eigenvalue weighted by Gasteiger charge is 2.35. The minimum atomic E-state index is -4.47. The number of phosphoric ester groups is 1. The molecule has 2 rings (SSSR count). The van der Waals surface area contributed by atoms with Gasteiger partial charge in [-0.05, 0) is 30.4 Å². The number of carbonyl (C=O) groups excluding carboxylic acids is 1. The van der Waals surface area contributed by atoms with Gasteiger partial charge in [0.05, 0.1) is 0 Å². The van der Waals surface area contributed by atoms with Crippen LogP contribution in [0.5, 0.6) is 0 Å². The second-order valence-corrected chi connectivity index (χ2v) is 8.54. The summed E-state index contributed by atoms with van der Waals surface area (Å²) in [6, 6.07) is 8.49. The molecule has 1 aromatic rings. The van der Waals surface area contributed by atoms with Crippen molar-refractivity contribution in [2.75, 3.05) is 13.1 Å². The number of carbonyl (C=O) groups is 1. The SMILES string of the molecule is CCCCCCCCc1ccc(CCC(=O)N2CC(OP(=O)(O)O)C2)cc1. The molecule has 2 N–H and O–H groups in total. The molecule has 1 aromatic carbocycles. The van der Waals surface area contributed by atoms with E-state index in [1.165, 1.54) is 44.1 Å². The zero-order chi connectivity index (χ0) is 19.7. The number of amides is 1. The van der Waals surface area contributed by atoms with Gasteiger partial charge in [-0.15, -0.1) is 0 Å². The van der Waals surface area contributed by atoms with Gasteiger partial charge >= 0.3 is 7.82 Å². The lowest BCUT2D eigenvalue weighted by atomic mass is 10.0. The Kier molecular flexibility index (Phi) is 8.97. The van der Waals surface area contributed by atoms with E-state index in [1.807, 2.05) is 0 Å². The molecule has 1 fully saturated rings. The van der Waals surface area contributed by atoms with Crippen molar-refractivity contribution in [1.29, 1.82) is 0 Å². The molecule has 27 heavy (non-hydrogen) atoms. The summed E-state index contributed by atoms with van der Waals surface area (Å²) in [5.74, 6) is -0.00304. The van der Waals surface area contributed by atoms with Crippen LogP contribution in [0.25, 0.3) is 0 Å². The highest BCUT2D eigenvalue weighted by atomic mass is 31.2. The van der Waals surface area contributed by atoms with Crippen LogP contribution in [0.2, 0.25) is 0 Å². The topological polar surface area (TPSA) is 87.1 Å². The van der Waals surface area contributed by atoms with Crippen LogP contribution in [0, 0.1) is 0 Å². The average Bonchev–Trinajstić information content (AvgIpc) is 2.59. The van der Waals surface area contributed by atoms with E-state index in [1.54, 1.807) is 4.90 Å². The highest BCUT2D eigenvalue weighted by Crippen LogP contribution is 2.39. The van der Waals surface area contributed by atoms with Crippen LogP contribution in [0.1, 0.15) is 63.0 Å². The summed E-state index contributed by atoms with van der Waals surface area (Å²) in [6.45, 7) is 2.73. The maximum absolute atomic E-state index is 12.1. The predicted molar refractivity (Wildman–Crippen MR) is 105 cm³/mol. The van der Waals surface area contributed by atoms with Crippen LogP contribution in [-0.4, -0.2) is 39.8 Å². The molecule has 6 nitrogen and oxygen atoms in total. The molecule has 0 radical (unpaired) electrons. The van der Waals surface area contributed by atoms with Crippen LogP contribution in [0.4, 0.5) is 0 Å². The summed E-state index contributed by atoms with van der Waals surface area (Å²) >= 11 is 0. The van der Waals surface area contributed by atoms with Gasteiger partial charge in [0.15, 0.2) is 0 Å². The zero-order valence-electron chi connectivity index (χ0n) is 16.2. The van der Waals surface area contributed by atoms with Crippen molar-refractivity contribution in [3.63, 3.8) is 0 Å². The molecule has 1 saturated heterocycles. The molecular formula is C20H32NO5P. The van der Waals surface area contributed by atoms with E-state index in [4.69, 9.17) is 9.79 Å². The molecule has 0 saturated carbocycles. The average molecular weight is 397 g/mol. The van der Waals surface area contributed by atoms with Crippen LogP contribution >= 0.6 is 7.82 Å². The van der Waals surface area contributed by atoms with Gasteiger partial charge in [0.2, 0.25) is 5.91 Å². The normalized spacial score (nSPS) is 15.0. The number of rotatable bonds is 12. The zero-order valence-corrected chi connectivity index (χ0v) is 17.1. The molecule has 1 amide bonds. The van der Waals surface area contributed by atoms with E-state index in [0.717, 1.165) is 12.0 Å². The molecular weight excluding hydrogens is 365 g/mol. The Morgan fingerprint density at radius 2 is 1.59 bits per heavy atom. The first kappa shape index (κ1) is 22.1. The van der Waals surface area contributed by atoms with Crippen molar-refractivity contribution in [2.24, 2.45) is 0 Å². The number of aryl methyl sites for hydroxylation is 2. The molecule has 1 aliphatic heterocycles. The van der Waals surface area contributed by atoms with Gasteiger partial charge in [0.1, 0.15) is 6.10 Å². The summed E-state index contributed by atoms with van der Waals surface area (Å²) in [5, 5.41) is 0. The number of phosphoric acid groups is 1. The maximum atomic E-state index is 12.1. The third-order valence-electron chi connectivity index (χ3n) is 4.96. The highest BCUT2D eigenvalue weighted by molar-refractivity contribution is 7.46. The second kappa shape index (κ2) is 11.0. The van der Waals surface area contributed by atoms with Gasteiger partial charge < -0.3 is 14.7 Å². The molecule has 0 aromatic heterocycles. The predicted octanol–water partition coefficient (Wildman–Crippen LogP) is 3.84. The van der Waals surface area contributed by atoms with Crippen molar-refractivity contribution in [2.45, 2.75) is 70.8 Å². The van der Waals surface area contributed by atoms with E-state index in [9.17, 15) is 9.36 Å². The summed E-state index contributed by atoms with van der Waals surface area (Å²) in [7, 11) is -4.47. The first-order valence-corrected chi connectivity index (χ1v) is 11.5. The van der Waals surface area contributed by atoms with E-state index in [0.29, 0.717) is 12.8 Å². The van der Waals surface area contributed by atoms with Gasteiger partial charge in [0, 0.05) is 19.5 Å². The summed E-state index contributed by atoms with van der Waals surface area (Å²) in [4.78, 5) is 31.2. The van der Waals surface area contributed by atoms with Crippen molar-refractivity contribution < 1.29 is 23.7 Å². The molecule has 152 valence electrons. The van der Waals surface area contributed by atoms with E-state index in [-0.39, 0.29) is 19.0 Å². The van der Waals surface area contributed by atoms with E-state index in [2.05, 4.69) is 35.7 Å². The largest absolute Gasteiger partial charge is 0.469 e. The Morgan fingerprint density at radius 1 is 1.04 bits per heavy atom. The monoisotopic (exact) mass is 397 g/mol. The number of likely N-dealkylation sites (tertiary alicyclic amines) is 1. The smallest absolute Gasteiger partial charge is 0.337 e. The third kappa shape index (κ3) is 8.56. The Labute approximate surface area is 162 Å². The standard InChI is InChI=1S/C20H32NO5P/c1-2-3-4-5-6-7-8-17-9-11-18(12-10-17)13-14-20(22)21-15-19(16-21)26-27(23,24)25/h9-12,19H,2-8,13-16H2,1H3,(H2,23,24,25). The molecule has 1 heterocycles. The molecule has 0 spiro atoms. The molecule has 0 atom stereocenters. The fourth-order valence-corrected chi connectivity index (χ4v) is 3.82. The lowest BCUT2D eigenvalue weighted by molar-refractivity contribution is -0.140. The quantitative estimate of drug-likeness (QED) is 0.413. The van der Waals surface area contributed by atoms with Crippen LogP contribution in [0.3, 0.4) is 0 Å². The van der Waals surface area contributed by atoms with Crippen molar-refractivity contribution in [3.05, 3.63) is 35.4 Å². The van der Waals surface area contributed by atoms with E-state index >= 15 is 0 Å². The summed E-state index contributed by atoms with van der Waals surface area (Å²) in [6.07, 6.45) is 9.43. The van der Waals surface area contributed by atoms with Crippen molar-refractivity contribution >= 4 is 13.7 Å². The molecule has 0 unspecified atom stereocenters. The number of nitrogens with zero attached hydrogens (tertiary/aromatic N) is 1. The van der Waals surface area contributed by atoms with Gasteiger partial charge in [-0.1, -0.05) is 63.3 Å². The van der Waals surface area contributed by atoms with E-state index < -0.39 is 13.9 Å². The van der Waals surface area contributed by atoms with Gasteiger partial charge in [-0.25, -0.2) is 4.57 Å². The minimum Gasteiger partial charge on any atom is -0.337 e. The minimum absolute atomic E-state index is 0.00304. The lowest BCUT2D eigenvalue weighted by Crippen LogP contribution is -2.54. The fourth-order valence-electron chi connectivity index (χ4n) is 3.29. The molecule has 1 aliphatic rings. The summed E-state index contributed by atoms with van der Waals surface area (Å²) in [5.41, 5.74) is 2.49. The van der Waals surface area contributed by atoms with Gasteiger partial charge in [0.25, 0.3) is 0 Å².